The molecule has 0 aliphatic carbocycles. The van der Waals surface area contributed by atoms with E-state index in [1.807, 2.05) is 61.9 Å². The van der Waals surface area contributed by atoms with Gasteiger partial charge in [0, 0.05) is 37.1 Å². The third-order valence-corrected chi connectivity index (χ3v) is 9.13. The fraction of sp³-hybridized carbons (Fsp3) is 0.414. The fourth-order valence-corrected chi connectivity index (χ4v) is 6.76. The first-order valence-electron chi connectivity index (χ1n) is 13.3. The SMILES string of the molecule is CC(C)C[C@H](NC(=O)c1cc2ccccc2n1C)C(=O)N[C@@H]1CCCN(S(=O)(=O)c2ccccc2C#N)CC1. The second-order valence-corrected chi connectivity index (χ2v) is 12.4. The van der Waals surface area contributed by atoms with Crippen molar-refractivity contribution in [3.05, 3.63) is 65.9 Å². The molecule has 1 fully saturated rings. The van der Waals surface area contributed by atoms with Crippen LogP contribution in [0.3, 0.4) is 0 Å². The van der Waals surface area contributed by atoms with Crippen molar-refractivity contribution in [2.24, 2.45) is 13.0 Å². The van der Waals surface area contributed by atoms with Gasteiger partial charge in [0.2, 0.25) is 15.9 Å². The van der Waals surface area contributed by atoms with E-state index in [9.17, 15) is 23.3 Å². The molecule has 2 aromatic carbocycles. The molecule has 4 rings (SSSR count). The summed E-state index contributed by atoms with van der Waals surface area (Å²) in [6, 6.07) is 16.7. The van der Waals surface area contributed by atoms with Crippen molar-refractivity contribution in [1.82, 2.24) is 19.5 Å². The molecule has 2 atom stereocenters. The van der Waals surface area contributed by atoms with Crippen LogP contribution < -0.4 is 10.6 Å². The molecule has 2 N–H and O–H groups in total. The Morgan fingerprint density at radius 3 is 2.51 bits per heavy atom. The van der Waals surface area contributed by atoms with E-state index in [1.54, 1.807) is 12.1 Å². The first-order valence-corrected chi connectivity index (χ1v) is 14.7. The number of rotatable bonds is 8. The zero-order chi connectivity index (χ0) is 28.2. The maximum Gasteiger partial charge on any atom is 0.268 e. The minimum absolute atomic E-state index is 0.00281. The molecule has 0 bridgehead atoms. The van der Waals surface area contributed by atoms with Crippen molar-refractivity contribution < 1.29 is 18.0 Å². The molecule has 206 valence electrons. The van der Waals surface area contributed by atoms with Crippen molar-refractivity contribution >= 4 is 32.7 Å². The van der Waals surface area contributed by atoms with Crippen LogP contribution in [-0.2, 0) is 21.9 Å². The van der Waals surface area contributed by atoms with Crippen LogP contribution in [0.2, 0.25) is 0 Å². The number of aryl methyl sites for hydroxylation is 1. The Bertz CT molecular complexity index is 1510. The van der Waals surface area contributed by atoms with Crippen LogP contribution in [0, 0.1) is 17.2 Å². The molecule has 9 nitrogen and oxygen atoms in total. The number of carbonyl (C=O) groups is 2. The number of hydrogen-bond acceptors (Lipinski definition) is 5. The average molecular weight is 550 g/mol. The second kappa shape index (κ2) is 12.0. The van der Waals surface area contributed by atoms with Crippen LogP contribution in [0.15, 0.2) is 59.5 Å². The Morgan fingerprint density at radius 1 is 1.08 bits per heavy atom. The van der Waals surface area contributed by atoms with Gasteiger partial charge >= 0.3 is 0 Å². The third kappa shape index (κ3) is 6.32. The van der Waals surface area contributed by atoms with Gasteiger partial charge in [-0.2, -0.15) is 9.57 Å². The van der Waals surface area contributed by atoms with E-state index >= 15 is 0 Å². The molecule has 2 amide bonds. The Hall–Kier alpha value is -3.68. The number of aromatic nitrogens is 1. The average Bonchev–Trinajstić information content (AvgIpc) is 3.07. The van der Waals surface area contributed by atoms with Crippen molar-refractivity contribution in [1.29, 1.82) is 5.26 Å². The summed E-state index contributed by atoms with van der Waals surface area (Å²) in [6.07, 6.45) is 2.09. The van der Waals surface area contributed by atoms with Gasteiger partial charge in [0.15, 0.2) is 0 Å². The van der Waals surface area contributed by atoms with E-state index in [2.05, 4.69) is 10.6 Å². The quantitative estimate of drug-likeness (QED) is 0.445. The maximum atomic E-state index is 13.4. The predicted molar refractivity (Wildman–Crippen MR) is 149 cm³/mol. The summed E-state index contributed by atoms with van der Waals surface area (Å²) >= 11 is 0. The highest BCUT2D eigenvalue weighted by Gasteiger charge is 2.31. The lowest BCUT2D eigenvalue weighted by atomic mass is 10.0. The summed E-state index contributed by atoms with van der Waals surface area (Å²) in [5.74, 6) is -0.417. The highest BCUT2D eigenvalue weighted by atomic mass is 32.2. The number of fused-ring (bicyclic) bond motifs is 1. The zero-order valence-electron chi connectivity index (χ0n) is 22.6. The molecule has 1 aromatic heterocycles. The van der Waals surface area contributed by atoms with Crippen molar-refractivity contribution in [2.75, 3.05) is 13.1 Å². The molecule has 1 saturated heterocycles. The molecule has 39 heavy (non-hydrogen) atoms. The molecule has 0 saturated carbocycles. The van der Waals surface area contributed by atoms with Crippen LogP contribution in [-0.4, -0.2) is 54.3 Å². The van der Waals surface area contributed by atoms with E-state index < -0.39 is 16.1 Å². The van der Waals surface area contributed by atoms with Crippen LogP contribution in [0.1, 0.15) is 55.6 Å². The number of amides is 2. The van der Waals surface area contributed by atoms with E-state index in [0.29, 0.717) is 37.9 Å². The number of hydrogen-bond donors (Lipinski definition) is 2. The Morgan fingerprint density at radius 2 is 1.79 bits per heavy atom. The Labute approximate surface area is 229 Å². The predicted octanol–water partition coefficient (Wildman–Crippen LogP) is 3.55. The van der Waals surface area contributed by atoms with Gasteiger partial charge in [-0.1, -0.05) is 44.2 Å². The van der Waals surface area contributed by atoms with Crippen LogP contribution in [0.25, 0.3) is 10.9 Å². The van der Waals surface area contributed by atoms with Gasteiger partial charge in [-0.25, -0.2) is 8.42 Å². The minimum Gasteiger partial charge on any atom is -0.352 e. The standard InChI is InChI=1S/C29H35N5O4S/c1-20(2)17-24(32-29(36)26-18-21-9-4-6-12-25(21)33(26)3)28(35)31-23-11-8-15-34(16-14-23)39(37,38)27-13-7-5-10-22(27)19-30/h4-7,9-10,12-13,18,20,23-24H,8,11,14-17H2,1-3H3,(H,31,35)(H,32,36)/t23-,24+/m1/s1. The summed E-state index contributed by atoms with van der Waals surface area (Å²) in [5.41, 5.74) is 1.53. The number of sulfonamides is 1. The first-order chi connectivity index (χ1) is 18.6. The first kappa shape index (κ1) is 28.3. The van der Waals surface area contributed by atoms with Gasteiger partial charge in [0.1, 0.15) is 17.8 Å². The highest BCUT2D eigenvalue weighted by Crippen LogP contribution is 2.23. The van der Waals surface area contributed by atoms with Gasteiger partial charge in [0.05, 0.1) is 10.5 Å². The van der Waals surface area contributed by atoms with Gasteiger partial charge < -0.3 is 15.2 Å². The Balaban J connectivity index is 1.43. The summed E-state index contributed by atoms with van der Waals surface area (Å²) in [4.78, 5) is 26.6. The van der Waals surface area contributed by atoms with Crippen LogP contribution in [0.5, 0.6) is 0 Å². The van der Waals surface area contributed by atoms with Crippen molar-refractivity contribution in [3.63, 3.8) is 0 Å². The monoisotopic (exact) mass is 549 g/mol. The number of benzene rings is 2. The number of para-hydroxylation sites is 1. The topological polar surface area (TPSA) is 124 Å². The lowest BCUT2D eigenvalue weighted by Crippen LogP contribution is -2.50. The van der Waals surface area contributed by atoms with Gasteiger partial charge in [-0.3, -0.25) is 9.59 Å². The molecule has 0 spiro atoms. The highest BCUT2D eigenvalue weighted by molar-refractivity contribution is 7.89. The molecule has 0 unspecified atom stereocenters. The molecular formula is C29H35N5O4S. The molecule has 3 aromatic rings. The summed E-state index contributed by atoms with van der Waals surface area (Å²) in [6.45, 7) is 4.53. The molecule has 1 aliphatic heterocycles. The lowest BCUT2D eigenvalue weighted by molar-refractivity contribution is -0.124. The molecule has 2 heterocycles. The summed E-state index contributed by atoms with van der Waals surface area (Å²) < 4.78 is 29.7. The largest absolute Gasteiger partial charge is 0.352 e. The van der Waals surface area contributed by atoms with Crippen molar-refractivity contribution in [3.8, 4) is 6.07 Å². The zero-order valence-corrected chi connectivity index (χ0v) is 23.4. The molecule has 0 radical (unpaired) electrons. The number of nitrogens with zero attached hydrogens (tertiary/aromatic N) is 3. The normalized spacial score (nSPS) is 17.4. The van der Waals surface area contributed by atoms with Gasteiger partial charge in [-0.05, 0) is 55.9 Å². The molecular weight excluding hydrogens is 514 g/mol. The van der Waals surface area contributed by atoms with Crippen LogP contribution >= 0.6 is 0 Å². The molecule has 10 heteroatoms. The second-order valence-electron chi connectivity index (χ2n) is 10.5. The van der Waals surface area contributed by atoms with Gasteiger partial charge in [-0.15, -0.1) is 0 Å². The lowest BCUT2D eigenvalue weighted by Gasteiger charge is -2.24. The maximum absolute atomic E-state index is 13.4. The van der Waals surface area contributed by atoms with E-state index in [4.69, 9.17) is 0 Å². The number of nitriles is 1. The smallest absolute Gasteiger partial charge is 0.268 e. The minimum atomic E-state index is -3.84. The van der Waals surface area contributed by atoms with E-state index in [1.165, 1.54) is 16.4 Å². The van der Waals surface area contributed by atoms with E-state index in [-0.39, 0.29) is 40.8 Å². The van der Waals surface area contributed by atoms with E-state index in [0.717, 1.165) is 10.9 Å². The van der Waals surface area contributed by atoms with Gasteiger partial charge in [0.25, 0.3) is 5.91 Å². The fourth-order valence-electron chi connectivity index (χ4n) is 5.12. The van der Waals surface area contributed by atoms with Crippen molar-refractivity contribution in [2.45, 2.75) is 56.5 Å². The molecule has 1 aliphatic rings. The third-order valence-electron chi connectivity index (χ3n) is 7.17. The number of nitrogens with one attached hydrogen (secondary N) is 2. The number of carbonyl (C=O) groups excluding carboxylic acids is 2. The Kier molecular flexibility index (Phi) is 8.73. The summed E-state index contributed by atoms with van der Waals surface area (Å²) in [5, 5.41) is 16.3. The van der Waals surface area contributed by atoms with Crippen LogP contribution in [0.4, 0.5) is 0 Å². The summed E-state index contributed by atoms with van der Waals surface area (Å²) in [7, 11) is -2.01.